The van der Waals surface area contributed by atoms with Gasteiger partial charge in [0.25, 0.3) is 0 Å². The molecule has 1 aromatic rings. The molecule has 10 nitrogen and oxygen atoms in total. The molecule has 0 saturated carbocycles. The normalized spacial score (nSPS) is 26.4. The van der Waals surface area contributed by atoms with E-state index in [0.29, 0.717) is 32.5 Å². The number of hydrogen-bond acceptors (Lipinski definition) is 7. The first kappa shape index (κ1) is 32.3. The minimum absolute atomic E-state index is 0.0345. The molecule has 11 heteroatoms. The predicted molar refractivity (Wildman–Crippen MR) is 161 cm³/mol. The van der Waals surface area contributed by atoms with Crippen molar-refractivity contribution in [1.82, 2.24) is 20.4 Å². The number of hydrogen-bond donors (Lipinski definition) is 4. The third-order valence-corrected chi connectivity index (χ3v) is 8.59. The molecule has 0 radical (unpaired) electrons. The van der Waals surface area contributed by atoms with Gasteiger partial charge in [0.05, 0.1) is 18.5 Å². The van der Waals surface area contributed by atoms with Crippen molar-refractivity contribution in [2.24, 2.45) is 5.41 Å². The van der Waals surface area contributed by atoms with Gasteiger partial charge in [-0.05, 0) is 29.4 Å². The summed E-state index contributed by atoms with van der Waals surface area (Å²) in [5, 5.41) is 26.3. The maximum Gasteiger partial charge on any atom is 0.475 e. The fourth-order valence-corrected chi connectivity index (χ4v) is 6.17. The molecule has 3 aliphatic rings. The van der Waals surface area contributed by atoms with Gasteiger partial charge in [-0.3, -0.25) is 14.5 Å². The van der Waals surface area contributed by atoms with E-state index in [0.717, 1.165) is 56.1 Å². The summed E-state index contributed by atoms with van der Waals surface area (Å²) in [6, 6.07) is 6.55. The van der Waals surface area contributed by atoms with Crippen LogP contribution in [0.25, 0.3) is 0 Å². The van der Waals surface area contributed by atoms with E-state index in [1.807, 2.05) is 24.3 Å². The van der Waals surface area contributed by atoms with Crippen LogP contribution in [0.3, 0.4) is 0 Å². The summed E-state index contributed by atoms with van der Waals surface area (Å²) in [5.41, 5.74) is 2.13. The van der Waals surface area contributed by atoms with Crippen molar-refractivity contribution < 1.29 is 29.2 Å². The first-order valence-electron chi connectivity index (χ1n) is 15.7. The quantitative estimate of drug-likeness (QED) is 0.400. The Morgan fingerprint density at radius 3 is 2.19 bits per heavy atom. The largest absolute Gasteiger partial charge is 0.475 e. The van der Waals surface area contributed by atoms with Crippen LogP contribution in [0.4, 0.5) is 4.79 Å². The number of carbonyl (C=O) groups excluding carboxylic acids is 3. The molecule has 4 N–H and O–H groups in total. The average Bonchev–Trinajstić information content (AvgIpc) is 3.56. The number of benzene rings is 1. The van der Waals surface area contributed by atoms with Crippen molar-refractivity contribution in [1.29, 1.82) is 0 Å². The van der Waals surface area contributed by atoms with Gasteiger partial charge in [-0.25, -0.2) is 4.79 Å². The molecule has 2 fully saturated rings. The van der Waals surface area contributed by atoms with Crippen molar-refractivity contribution in [2.45, 2.75) is 122 Å². The number of nitrogens with zero attached hydrogens (tertiary/aromatic N) is 2. The lowest BCUT2D eigenvalue weighted by Gasteiger charge is -2.31. The number of rotatable bonds is 4. The third-order valence-electron chi connectivity index (χ3n) is 8.59. The van der Waals surface area contributed by atoms with Crippen LogP contribution in [-0.4, -0.2) is 82.1 Å². The highest BCUT2D eigenvalue weighted by molar-refractivity contribution is 6.43. The molecule has 3 heterocycles. The molecule has 0 bridgehead atoms. The highest BCUT2D eigenvalue weighted by Crippen LogP contribution is 2.27. The standard InChI is InChI=1S/C31H49BN4O6/c1-31(2,3)21-33-25-15-9-7-5-4-6-8-10-16-27(32(40)41)34-28(37)26-17-24(20-36(26)29(25)38)42-30(39)35-18-22-13-11-12-14-23(22)19-35/h11-14,24-27,33,40-41H,4-10,15-21H2,1-3H3,(H,34,37)/t24-,25+,26+,27+/m1/s1. The van der Waals surface area contributed by atoms with Gasteiger partial charge < -0.3 is 30.3 Å². The van der Waals surface area contributed by atoms with Gasteiger partial charge in [-0.1, -0.05) is 90.0 Å². The Hall–Kier alpha value is -2.63. The lowest BCUT2D eigenvalue weighted by atomic mass is 9.76. The third kappa shape index (κ3) is 8.94. The second-order valence-electron chi connectivity index (χ2n) is 13.4. The zero-order valence-electron chi connectivity index (χ0n) is 25.5. The molecule has 0 aliphatic carbocycles. The highest BCUT2D eigenvalue weighted by atomic mass is 16.6. The molecule has 3 amide bonds. The van der Waals surface area contributed by atoms with Crippen LogP contribution in [0.15, 0.2) is 24.3 Å². The summed E-state index contributed by atoms with van der Waals surface area (Å²) < 4.78 is 5.90. The van der Waals surface area contributed by atoms with E-state index >= 15 is 0 Å². The van der Waals surface area contributed by atoms with E-state index in [-0.39, 0.29) is 24.3 Å². The Kier molecular flexibility index (Phi) is 11.3. The zero-order chi connectivity index (χ0) is 30.3. The van der Waals surface area contributed by atoms with Crippen LogP contribution in [0, 0.1) is 5.41 Å². The topological polar surface area (TPSA) is 131 Å². The smallest absolute Gasteiger partial charge is 0.444 e. The fraction of sp³-hybridized carbons (Fsp3) is 0.710. The van der Waals surface area contributed by atoms with Crippen LogP contribution in [0.1, 0.15) is 96.1 Å². The first-order chi connectivity index (χ1) is 20.0. The molecule has 0 aromatic heterocycles. The molecular weight excluding hydrogens is 535 g/mol. The van der Waals surface area contributed by atoms with Crippen molar-refractivity contribution in [3.63, 3.8) is 0 Å². The van der Waals surface area contributed by atoms with Gasteiger partial charge in [-0.15, -0.1) is 0 Å². The summed E-state index contributed by atoms with van der Waals surface area (Å²) in [7, 11) is -1.70. The van der Waals surface area contributed by atoms with Gasteiger partial charge in [0.2, 0.25) is 11.8 Å². The van der Waals surface area contributed by atoms with Gasteiger partial charge in [0, 0.05) is 26.1 Å². The molecule has 0 spiro atoms. The maximum atomic E-state index is 14.1. The summed E-state index contributed by atoms with van der Waals surface area (Å²) in [6.07, 6.45) is 7.05. The van der Waals surface area contributed by atoms with Crippen LogP contribution >= 0.6 is 0 Å². The monoisotopic (exact) mass is 584 g/mol. The minimum atomic E-state index is -1.70. The molecule has 232 valence electrons. The van der Waals surface area contributed by atoms with E-state index in [4.69, 9.17) is 4.74 Å². The number of amides is 3. The zero-order valence-corrected chi connectivity index (χ0v) is 25.5. The molecule has 2 saturated heterocycles. The minimum Gasteiger partial charge on any atom is -0.444 e. The Morgan fingerprint density at radius 1 is 1.00 bits per heavy atom. The number of fused-ring (bicyclic) bond motifs is 2. The summed E-state index contributed by atoms with van der Waals surface area (Å²) in [5.74, 6) is -1.46. The lowest BCUT2D eigenvalue weighted by molar-refractivity contribution is -0.140. The second-order valence-corrected chi connectivity index (χ2v) is 13.4. The number of carbonyl (C=O) groups is 3. The highest BCUT2D eigenvalue weighted by Gasteiger charge is 2.44. The van der Waals surface area contributed by atoms with Gasteiger partial charge >= 0.3 is 13.2 Å². The molecule has 4 rings (SSSR count). The molecular formula is C31H49BN4O6. The molecule has 42 heavy (non-hydrogen) atoms. The van der Waals surface area contributed by atoms with Crippen LogP contribution < -0.4 is 10.6 Å². The molecule has 3 aliphatic heterocycles. The maximum absolute atomic E-state index is 14.1. The van der Waals surface area contributed by atoms with Crippen molar-refractivity contribution >= 4 is 25.0 Å². The van der Waals surface area contributed by atoms with Crippen LogP contribution in [-0.2, 0) is 27.4 Å². The molecule has 1 aromatic carbocycles. The average molecular weight is 585 g/mol. The van der Waals surface area contributed by atoms with E-state index in [1.54, 1.807) is 9.80 Å². The second kappa shape index (κ2) is 14.7. The van der Waals surface area contributed by atoms with Gasteiger partial charge in [0.15, 0.2) is 0 Å². The number of ether oxygens (including phenoxy) is 1. The Labute approximate surface area is 250 Å². The molecule has 0 unspecified atom stereocenters. The summed E-state index contributed by atoms with van der Waals surface area (Å²) in [4.78, 5) is 44.0. The Bertz CT molecular complexity index is 1050. The van der Waals surface area contributed by atoms with Crippen LogP contribution in [0.2, 0.25) is 0 Å². The summed E-state index contributed by atoms with van der Waals surface area (Å²) >= 11 is 0. The number of nitrogens with one attached hydrogen (secondary N) is 2. The van der Waals surface area contributed by atoms with Gasteiger partial charge in [-0.2, -0.15) is 0 Å². The Morgan fingerprint density at radius 2 is 1.60 bits per heavy atom. The first-order valence-corrected chi connectivity index (χ1v) is 15.7. The van der Waals surface area contributed by atoms with E-state index in [2.05, 4.69) is 31.4 Å². The lowest BCUT2D eigenvalue weighted by Crippen LogP contribution is -2.56. The van der Waals surface area contributed by atoms with Crippen molar-refractivity contribution in [3.8, 4) is 0 Å². The van der Waals surface area contributed by atoms with Crippen molar-refractivity contribution in [2.75, 3.05) is 13.1 Å². The SMILES string of the molecule is CC(C)(C)CN[C@H]1CCCCCCCCC[C@@H](B(O)O)NC(=O)[C@@H]2C[C@@H](OC(=O)N3Cc4ccccc4C3)CN2C1=O. The fourth-order valence-electron chi connectivity index (χ4n) is 6.17. The summed E-state index contributed by atoms with van der Waals surface area (Å²) in [6.45, 7) is 8.01. The van der Waals surface area contributed by atoms with Crippen molar-refractivity contribution in [3.05, 3.63) is 35.4 Å². The Balaban J connectivity index is 1.52. The van der Waals surface area contributed by atoms with E-state index < -0.39 is 43.2 Å². The van der Waals surface area contributed by atoms with Crippen LogP contribution in [0.5, 0.6) is 0 Å². The van der Waals surface area contributed by atoms with E-state index in [9.17, 15) is 24.4 Å². The molecule has 4 atom stereocenters. The predicted octanol–water partition coefficient (Wildman–Crippen LogP) is 3.13. The van der Waals surface area contributed by atoms with Gasteiger partial charge in [0.1, 0.15) is 12.1 Å². The van der Waals surface area contributed by atoms with E-state index in [1.165, 1.54) is 0 Å².